The van der Waals surface area contributed by atoms with E-state index in [1.807, 2.05) is 6.07 Å². The minimum absolute atomic E-state index is 0.0398. The average molecular weight is 349 g/mol. The van der Waals surface area contributed by atoms with E-state index in [0.717, 1.165) is 0 Å². The zero-order chi connectivity index (χ0) is 18.7. The number of aromatic nitrogens is 1. The second-order valence-electron chi connectivity index (χ2n) is 5.48. The first-order valence-electron chi connectivity index (χ1n) is 7.77. The van der Waals surface area contributed by atoms with Crippen LogP contribution in [0.1, 0.15) is 5.56 Å². The normalized spacial score (nSPS) is 10.2. The Morgan fingerprint density at radius 2 is 1.73 bits per heavy atom. The Kier molecular flexibility index (Phi) is 4.72. The van der Waals surface area contributed by atoms with Gasteiger partial charge < -0.3 is 15.2 Å². The Labute approximate surface area is 150 Å². The molecular weight excluding hydrogens is 333 g/mol. The second-order valence-corrected chi connectivity index (χ2v) is 5.48. The van der Waals surface area contributed by atoms with Gasteiger partial charge in [0.1, 0.15) is 23.3 Å². The molecule has 0 unspecified atom stereocenters. The highest BCUT2D eigenvalue weighted by molar-refractivity contribution is 5.80. The van der Waals surface area contributed by atoms with Crippen molar-refractivity contribution in [2.24, 2.45) is 0 Å². The number of benzene rings is 2. The maximum Gasteiger partial charge on any atom is 0.161 e. The summed E-state index contributed by atoms with van der Waals surface area (Å²) in [5.41, 5.74) is 8.00. The van der Waals surface area contributed by atoms with Gasteiger partial charge in [-0.1, -0.05) is 18.2 Å². The molecule has 3 rings (SSSR count). The zero-order valence-electron chi connectivity index (χ0n) is 14.3. The molecule has 0 aliphatic heterocycles. The Balaban J connectivity index is 2.22. The van der Waals surface area contributed by atoms with Gasteiger partial charge in [-0.3, -0.25) is 0 Å². The van der Waals surface area contributed by atoms with Crippen LogP contribution in [-0.2, 0) is 0 Å². The van der Waals surface area contributed by atoms with E-state index in [9.17, 15) is 9.65 Å². The summed E-state index contributed by atoms with van der Waals surface area (Å²) in [4.78, 5) is 4.30. The van der Waals surface area contributed by atoms with Crippen molar-refractivity contribution in [3.63, 3.8) is 0 Å². The van der Waals surface area contributed by atoms with Crippen molar-refractivity contribution in [2.45, 2.75) is 0 Å². The van der Waals surface area contributed by atoms with Gasteiger partial charge in [-0.15, -0.1) is 0 Å². The highest BCUT2D eigenvalue weighted by atomic mass is 19.1. The summed E-state index contributed by atoms with van der Waals surface area (Å²) in [7, 11) is 3.08. The number of rotatable bonds is 4. The minimum atomic E-state index is -0.437. The molecule has 2 aromatic carbocycles. The molecule has 2 N–H and O–H groups in total. The Bertz CT molecular complexity index is 1010. The number of halogens is 1. The third kappa shape index (κ3) is 3.03. The number of ether oxygens (including phenoxy) is 2. The quantitative estimate of drug-likeness (QED) is 0.769. The summed E-state index contributed by atoms with van der Waals surface area (Å²) in [5.74, 6) is 0.709. The molecule has 0 radical (unpaired) electrons. The van der Waals surface area contributed by atoms with E-state index in [4.69, 9.17) is 15.2 Å². The molecule has 6 heteroatoms. The Hall–Kier alpha value is -3.59. The molecule has 1 heterocycles. The number of methoxy groups -OCH3 is 2. The highest BCUT2D eigenvalue weighted by Crippen LogP contribution is 2.35. The number of nitrogens with two attached hydrogens (primary N) is 1. The minimum Gasteiger partial charge on any atom is -0.493 e. The van der Waals surface area contributed by atoms with Crippen LogP contribution in [0.25, 0.3) is 22.4 Å². The molecule has 26 heavy (non-hydrogen) atoms. The number of nitriles is 1. The van der Waals surface area contributed by atoms with Crippen molar-refractivity contribution in [3.05, 3.63) is 59.9 Å². The van der Waals surface area contributed by atoms with Crippen LogP contribution < -0.4 is 15.2 Å². The lowest BCUT2D eigenvalue weighted by molar-refractivity contribution is 0.355. The number of nitrogens with zero attached hydrogens (tertiary/aromatic N) is 2. The number of nitrogen functional groups attached to an aromatic ring is 1. The molecule has 0 atom stereocenters. The monoisotopic (exact) mass is 349 g/mol. The smallest absolute Gasteiger partial charge is 0.161 e. The van der Waals surface area contributed by atoms with Crippen molar-refractivity contribution in [2.75, 3.05) is 20.0 Å². The summed E-state index contributed by atoms with van der Waals surface area (Å²) < 4.78 is 24.8. The molecule has 0 aliphatic rings. The zero-order valence-corrected chi connectivity index (χ0v) is 14.3. The van der Waals surface area contributed by atoms with Crippen molar-refractivity contribution in [1.82, 2.24) is 4.98 Å². The molecule has 1 aromatic heterocycles. The first-order chi connectivity index (χ1) is 12.6. The first-order valence-corrected chi connectivity index (χ1v) is 7.77. The molecular formula is C20H16FN3O2. The largest absolute Gasteiger partial charge is 0.493 e. The van der Waals surface area contributed by atoms with E-state index >= 15 is 0 Å². The summed E-state index contributed by atoms with van der Waals surface area (Å²) in [6, 6.07) is 15.2. The van der Waals surface area contributed by atoms with Crippen molar-refractivity contribution in [1.29, 1.82) is 5.26 Å². The van der Waals surface area contributed by atoms with Gasteiger partial charge >= 0.3 is 0 Å². The Morgan fingerprint density at radius 3 is 2.38 bits per heavy atom. The van der Waals surface area contributed by atoms with Gasteiger partial charge in [-0.05, 0) is 30.3 Å². The summed E-state index contributed by atoms with van der Waals surface area (Å²) in [6.07, 6.45) is 0. The molecule has 130 valence electrons. The summed E-state index contributed by atoms with van der Waals surface area (Å²) in [5, 5.41) is 9.43. The van der Waals surface area contributed by atoms with Crippen LogP contribution in [0.5, 0.6) is 11.5 Å². The lowest BCUT2D eigenvalue weighted by atomic mass is 9.98. The average Bonchev–Trinajstić information content (AvgIpc) is 2.67. The molecule has 0 bridgehead atoms. The SMILES string of the molecule is COc1ccc(-c2cc(-c3ccccc3F)c(C#N)c(N)n2)cc1OC. The third-order valence-corrected chi connectivity index (χ3v) is 4.00. The second kappa shape index (κ2) is 7.11. The van der Waals surface area contributed by atoms with Crippen molar-refractivity contribution >= 4 is 5.82 Å². The van der Waals surface area contributed by atoms with E-state index < -0.39 is 5.82 Å². The number of hydrogen-bond acceptors (Lipinski definition) is 5. The van der Waals surface area contributed by atoms with E-state index in [2.05, 4.69) is 4.98 Å². The fourth-order valence-electron chi connectivity index (χ4n) is 2.72. The van der Waals surface area contributed by atoms with Crippen LogP contribution in [0.2, 0.25) is 0 Å². The molecule has 0 aliphatic carbocycles. The number of hydrogen-bond donors (Lipinski definition) is 1. The topological polar surface area (TPSA) is 81.2 Å². The van der Waals surface area contributed by atoms with Crippen LogP contribution in [0.3, 0.4) is 0 Å². The molecule has 3 aromatic rings. The Morgan fingerprint density at radius 1 is 1.00 bits per heavy atom. The van der Waals surface area contributed by atoms with Crippen LogP contribution in [0, 0.1) is 17.1 Å². The van der Waals surface area contributed by atoms with Gasteiger partial charge in [0.2, 0.25) is 0 Å². The van der Waals surface area contributed by atoms with E-state index in [-0.39, 0.29) is 11.4 Å². The van der Waals surface area contributed by atoms with Gasteiger partial charge in [0, 0.05) is 16.7 Å². The molecule has 0 amide bonds. The van der Waals surface area contributed by atoms with Gasteiger partial charge in [0.15, 0.2) is 11.5 Å². The fraction of sp³-hybridized carbons (Fsp3) is 0.100. The highest BCUT2D eigenvalue weighted by Gasteiger charge is 2.16. The van der Waals surface area contributed by atoms with Gasteiger partial charge in [-0.25, -0.2) is 9.37 Å². The maximum absolute atomic E-state index is 14.3. The molecule has 0 fully saturated rings. The summed E-state index contributed by atoms with van der Waals surface area (Å²) >= 11 is 0. The number of pyridine rings is 1. The molecule has 0 saturated carbocycles. The molecule has 0 spiro atoms. The first kappa shape index (κ1) is 17.2. The third-order valence-electron chi connectivity index (χ3n) is 4.00. The predicted molar refractivity (Wildman–Crippen MR) is 97.3 cm³/mol. The van der Waals surface area contributed by atoms with Crippen LogP contribution >= 0.6 is 0 Å². The number of anilines is 1. The lowest BCUT2D eigenvalue weighted by Crippen LogP contribution is -2.01. The van der Waals surface area contributed by atoms with Crippen LogP contribution in [-0.4, -0.2) is 19.2 Å². The van der Waals surface area contributed by atoms with Crippen molar-refractivity contribution < 1.29 is 13.9 Å². The molecule has 5 nitrogen and oxygen atoms in total. The van der Waals surface area contributed by atoms with Crippen LogP contribution in [0.15, 0.2) is 48.5 Å². The van der Waals surface area contributed by atoms with E-state index in [0.29, 0.717) is 33.9 Å². The standard InChI is InChI=1S/C20H16FN3O2/c1-25-18-8-7-12(9-19(18)26-2)17-10-14(15(11-22)20(23)24-17)13-5-3-4-6-16(13)21/h3-10H,1-2H3,(H2,23,24). The van der Waals surface area contributed by atoms with Gasteiger partial charge in [0.05, 0.1) is 19.9 Å². The van der Waals surface area contributed by atoms with Crippen LogP contribution in [0.4, 0.5) is 10.2 Å². The summed E-state index contributed by atoms with van der Waals surface area (Å²) in [6.45, 7) is 0. The lowest BCUT2D eigenvalue weighted by Gasteiger charge is -2.13. The van der Waals surface area contributed by atoms with Gasteiger partial charge in [0.25, 0.3) is 0 Å². The molecule has 0 saturated heterocycles. The van der Waals surface area contributed by atoms with E-state index in [1.54, 1.807) is 49.6 Å². The van der Waals surface area contributed by atoms with Gasteiger partial charge in [-0.2, -0.15) is 5.26 Å². The van der Waals surface area contributed by atoms with E-state index in [1.165, 1.54) is 13.2 Å². The maximum atomic E-state index is 14.3. The predicted octanol–water partition coefficient (Wildman–Crippen LogP) is 4.03. The van der Waals surface area contributed by atoms with Crippen molar-refractivity contribution in [3.8, 4) is 40.0 Å². The fourth-order valence-corrected chi connectivity index (χ4v) is 2.72.